The van der Waals surface area contributed by atoms with Gasteiger partial charge in [-0.25, -0.2) is 9.97 Å². The average molecular weight is 263 g/mol. The summed E-state index contributed by atoms with van der Waals surface area (Å²) in [7, 11) is 3.88. The number of anilines is 3. The van der Waals surface area contributed by atoms with E-state index in [0.29, 0.717) is 0 Å². The molecule has 0 saturated heterocycles. The Morgan fingerprint density at radius 3 is 2.72 bits per heavy atom. The molecule has 0 amide bonds. The maximum atomic E-state index is 6.08. The first-order valence-electron chi connectivity index (χ1n) is 5.59. The van der Waals surface area contributed by atoms with E-state index in [9.17, 15) is 0 Å². The molecule has 0 aliphatic heterocycles. The summed E-state index contributed by atoms with van der Waals surface area (Å²) >= 11 is 6.08. The van der Waals surface area contributed by atoms with Gasteiger partial charge in [0.25, 0.3) is 0 Å². The molecular weight excluding hydrogens is 248 g/mol. The largest absolute Gasteiger partial charge is 0.363 e. The number of halogens is 1. The molecule has 0 aliphatic rings. The van der Waals surface area contributed by atoms with E-state index < -0.39 is 0 Å². The first-order valence-corrected chi connectivity index (χ1v) is 5.97. The molecule has 2 rings (SSSR count). The van der Waals surface area contributed by atoms with Gasteiger partial charge in [-0.15, -0.1) is 0 Å². The van der Waals surface area contributed by atoms with Gasteiger partial charge >= 0.3 is 0 Å². The zero-order valence-electron chi connectivity index (χ0n) is 10.6. The smallest absolute Gasteiger partial charge is 0.135 e. The van der Waals surface area contributed by atoms with Gasteiger partial charge in [0.05, 0.1) is 0 Å². The summed E-state index contributed by atoms with van der Waals surface area (Å²) < 4.78 is 0. The lowest BCUT2D eigenvalue weighted by Gasteiger charge is -2.13. The molecule has 2 aromatic rings. The van der Waals surface area contributed by atoms with E-state index in [2.05, 4.69) is 15.3 Å². The minimum absolute atomic E-state index is 0.738. The van der Waals surface area contributed by atoms with Crippen molar-refractivity contribution in [1.82, 2.24) is 9.97 Å². The van der Waals surface area contributed by atoms with Gasteiger partial charge in [-0.2, -0.15) is 0 Å². The number of rotatable bonds is 3. The van der Waals surface area contributed by atoms with Crippen molar-refractivity contribution in [2.45, 2.75) is 6.92 Å². The SMILES string of the molecule is Cc1c(Cl)cccc1Nc1cc(N(C)C)ncn1. The summed E-state index contributed by atoms with van der Waals surface area (Å²) in [6, 6.07) is 7.64. The Bertz CT molecular complexity index is 554. The molecule has 0 bridgehead atoms. The molecule has 5 heteroatoms. The third kappa shape index (κ3) is 2.71. The van der Waals surface area contributed by atoms with Crippen LogP contribution in [-0.4, -0.2) is 24.1 Å². The van der Waals surface area contributed by atoms with Crippen LogP contribution in [-0.2, 0) is 0 Å². The topological polar surface area (TPSA) is 41.0 Å². The van der Waals surface area contributed by atoms with E-state index in [-0.39, 0.29) is 0 Å². The second-order valence-corrected chi connectivity index (χ2v) is 4.60. The summed E-state index contributed by atoms with van der Waals surface area (Å²) in [5.74, 6) is 1.60. The molecule has 0 aliphatic carbocycles. The van der Waals surface area contributed by atoms with Gasteiger partial charge in [0, 0.05) is 30.9 Å². The summed E-state index contributed by atoms with van der Waals surface area (Å²) in [5.41, 5.74) is 1.95. The van der Waals surface area contributed by atoms with Crippen LogP contribution in [0, 0.1) is 6.92 Å². The van der Waals surface area contributed by atoms with Gasteiger partial charge in [-0.3, -0.25) is 0 Å². The van der Waals surface area contributed by atoms with Gasteiger partial charge in [-0.05, 0) is 24.6 Å². The zero-order chi connectivity index (χ0) is 13.1. The van der Waals surface area contributed by atoms with Crippen LogP contribution in [0.15, 0.2) is 30.6 Å². The highest BCUT2D eigenvalue weighted by molar-refractivity contribution is 6.31. The van der Waals surface area contributed by atoms with Crippen molar-refractivity contribution in [3.05, 3.63) is 41.2 Å². The molecule has 0 fully saturated rings. The fraction of sp³-hybridized carbons (Fsp3) is 0.231. The maximum Gasteiger partial charge on any atom is 0.135 e. The second kappa shape index (κ2) is 5.23. The van der Waals surface area contributed by atoms with Crippen molar-refractivity contribution in [1.29, 1.82) is 0 Å². The highest BCUT2D eigenvalue weighted by Gasteiger charge is 2.04. The van der Waals surface area contributed by atoms with Crippen molar-refractivity contribution < 1.29 is 0 Å². The van der Waals surface area contributed by atoms with Gasteiger partial charge in [0.1, 0.15) is 18.0 Å². The highest BCUT2D eigenvalue weighted by Crippen LogP contribution is 2.25. The Kier molecular flexibility index (Phi) is 3.67. The molecule has 1 heterocycles. The Hall–Kier alpha value is -1.81. The van der Waals surface area contributed by atoms with E-state index in [0.717, 1.165) is 27.9 Å². The van der Waals surface area contributed by atoms with Crippen LogP contribution in [0.1, 0.15) is 5.56 Å². The minimum atomic E-state index is 0.738. The van der Waals surface area contributed by atoms with Crippen LogP contribution in [0.4, 0.5) is 17.3 Å². The van der Waals surface area contributed by atoms with E-state index in [4.69, 9.17) is 11.6 Å². The quantitative estimate of drug-likeness (QED) is 0.922. The monoisotopic (exact) mass is 262 g/mol. The van der Waals surface area contributed by atoms with Gasteiger partial charge in [0.2, 0.25) is 0 Å². The number of nitrogens with one attached hydrogen (secondary N) is 1. The van der Waals surface area contributed by atoms with Gasteiger partial charge in [0.15, 0.2) is 0 Å². The lowest BCUT2D eigenvalue weighted by atomic mass is 10.2. The predicted octanol–water partition coefficient (Wildman–Crippen LogP) is 3.25. The van der Waals surface area contributed by atoms with Crippen LogP contribution in [0.5, 0.6) is 0 Å². The van der Waals surface area contributed by atoms with Crippen molar-refractivity contribution in [2.75, 3.05) is 24.3 Å². The standard InChI is InChI=1S/C13H15ClN4/c1-9-10(14)5-4-6-11(9)17-12-7-13(18(2)3)16-8-15-12/h4-8H,1-3H3,(H,15,16,17). The first-order chi connectivity index (χ1) is 8.58. The lowest BCUT2D eigenvalue weighted by Crippen LogP contribution is -2.11. The van der Waals surface area contributed by atoms with E-state index in [1.807, 2.05) is 50.2 Å². The normalized spacial score (nSPS) is 10.2. The van der Waals surface area contributed by atoms with Crippen LogP contribution in [0.2, 0.25) is 5.02 Å². The Balaban J connectivity index is 2.28. The fourth-order valence-electron chi connectivity index (χ4n) is 1.54. The molecule has 18 heavy (non-hydrogen) atoms. The molecule has 0 atom stereocenters. The fourth-order valence-corrected chi connectivity index (χ4v) is 1.72. The Morgan fingerprint density at radius 1 is 1.22 bits per heavy atom. The molecule has 0 spiro atoms. The third-order valence-corrected chi connectivity index (χ3v) is 3.05. The highest BCUT2D eigenvalue weighted by atomic mass is 35.5. The predicted molar refractivity (Wildman–Crippen MR) is 75.8 cm³/mol. The summed E-state index contributed by atoms with van der Waals surface area (Å²) in [6.07, 6.45) is 1.54. The number of aromatic nitrogens is 2. The van der Waals surface area contributed by atoms with E-state index >= 15 is 0 Å². The van der Waals surface area contributed by atoms with Crippen molar-refractivity contribution in [3.8, 4) is 0 Å². The van der Waals surface area contributed by atoms with Gasteiger partial charge in [-0.1, -0.05) is 17.7 Å². The van der Waals surface area contributed by atoms with Crippen molar-refractivity contribution in [2.24, 2.45) is 0 Å². The number of benzene rings is 1. The molecular formula is C13H15ClN4. The van der Waals surface area contributed by atoms with Crippen LogP contribution >= 0.6 is 11.6 Å². The second-order valence-electron chi connectivity index (χ2n) is 4.19. The third-order valence-electron chi connectivity index (χ3n) is 2.64. The molecule has 94 valence electrons. The Labute approximate surface area is 112 Å². The van der Waals surface area contributed by atoms with Crippen molar-refractivity contribution in [3.63, 3.8) is 0 Å². The zero-order valence-corrected chi connectivity index (χ0v) is 11.4. The van der Waals surface area contributed by atoms with Crippen LogP contribution < -0.4 is 10.2 Å². The number of nitrogens with zero attached hydrogens (tertiary/aromatic N) is 3. The minimum Gasteiger partial charge on any atom is -0.363 e. The maximum absolute atomic E-state index is 6.08. The molecule has 4 nitrogen and oxygen atoms in total. The molecule has 0 saturated carbocycles. The summed E-state index contributed by atoms with van der Waals surface area (Å²) in [4.78, 5) is 10.3. The Morgan fingerprint density at radius 2 is 2.00 bits per heavy atom. The lowest BCUT2D eigenvalue weighted by molar-refractivity contribution is 1.04. The van der Waals surface area contributed by atoms with Gasteiger partial charge < -0.3 is 10.2 Å². The first kappa shape index (κ1) is 12.6. The molecule has 0 radical (unpaired) electrons. The molecule has 1 N–H and O–H groups in total. The van der Waals surface area contributed by atoms with E-state index in [1.54, 1.807) is 0 Å². The summed E-state index contributed by atoms with van der Waals surface area (Å²) in [5, 5.41) is 3.98. The van der Waals surface area contributed by atoms with E-state index in [1.165, 1.54) is 6.33 Å². The van der Waals surface area contributed by atoms with Crippen LogP contribution in [0.25, 0.3) is 0 Å². The number of hydrogen-bond acceptors (Lipinski definition) is 4. The summed E-state index contributed by atoms with van der Waals surface area (Å²) in [6.45, 7) is 1.97. The van der Waals surface area contributed by atoms with Crippen molar-refractivity contribution >= 4 is 28.9 Å². The van der Waals surface area contributed by atoms with Crippen LogP contribution in [0.3, 0.4) is 0 Å². The molecule has 1 aromatic carbocycles. The number of hydrogen-bond donors (Lipinski definition) is 1. The molecule has 0 unspecified atom stereocenters. The molecule has 1 aromatic heterocycles. The average Bonchev–Trinajstić information content (AvgIpc) is 2.35.